The number of carboxylic acid groups (broad SMARTS) is 1. The molecule has 1 amide bonds. The predicted molar refractivity (Wildman–Crippen MR) is 58.4 cm³/mol. The standard InChI is InChI=1S/C11H18FNO4/c1-6-7(12)5-13(8(6)9(14)15)10(16)17-11(2,3)4/h6-8H,5H2,1-4H3,(H,14,15). The smallest absolute Gasteiger partial charge is 0.411 e. The minimum atomic E-state index is -1.33. The highest BCUT2D eigenvalue weighted by atomic mass is 19.1. The van der Waals surface area contributed by atoms with E-state index in [4.69, 9.17) is 9.84 Å². The molecule has 1 aliphatic heterocycles. The van der Waals surface area contributed by atoms with E-state index in [9.17, 15) is 14.0 Å². The summed E-state index contributed by atoms with van der Waals surface area (Å²) in [5.74, 6) is -1.93. The summed E-state index contributed by atoms with van der Waals surface area (Å²) < 4.78 is 18.5. The molecule has 5 nitrogen and oxygen atoms in total. The van der Waals surface area contributed by atoms with Crippen LogP contribution in [0.1, 0.15) is 27.7 Å². The molecule has 0 aliphatic carbocycles. The molecular weight excluding hydrogens is 229 g/mol. The van der Waals surface area contributed by atoms with E-state index in [0.29, 0.717) is 0 Å². The molecule has 0 spiro atoms. The average Bonchev–Trinajstić information content (AvgIpc) is 2.40. The minimum absolute atomic E-state index is 0.229. The van der Waals surface area contributed by atoms with E-state index in [-0.39, 0.29) is 6.54 Å². The van der Waals surface area contributed by atoms with E-state index in [1.54, 1.807) is 20.8 Å². The van der Waals surface area contributed by atoms with Crippen LogP contribution in [0, 0.1) is 5.92 Å². The summed E-state index contributed by atoms with van der Waals surface area (Å²) in [5.41, 5.74) is -0.724. The number of likely N-dealkylation sites (tertiary alicyclic amines) is 1. The second kappa shape index (κ2) is 4.50. The van der Waals surface area contributed by atoms with Crippen LogP contribution in [0.2, 0.25) is 0 Å². The van der Waals surface area contributed by atoms with Crippen LogP contribution in [-0.2, 0) is 9.53 Å². The van der Waals surface area contributed by atoms with Crippen LogP contribution < -0.4 is 0 Å². The van der Waals surface area contributed by atoms with Crippen molar-refractivity contribution in [3.63, 3.8) is 0 Å². The van der Waals surface area contributed by atoms with Gasteiger partial charge in [0.25, 0.3) is 0 Å². The van der Waals surface area contributed by atoms with E-state index < -0.39 is 35.8 Å². The number of halogens is 1. The molecule has 0 aromatic rings. The molecule has 0 saturated carbocycles. The van der Waals surface area contributed by atoms with Gasteiger partial charge >= 0.3 is 12.1 Å². The number of ether oxygens (including phenoxy) is 1. The maximum atomic E-state index is 13.5. The van der Waals surface area contributed by atoms with Crippen LogP contribution in [0.15, 0.2) is 0 Å². The number of hydrogen-bond acceptors (Lipinski definition) is 3. The van der Waals surface area contributed by atoms with Crippen molar-refractivity contribution in [2.24, 2.45) is 5.92 Å². The third kappa shape index (κ3) is 3.08. The average molecular weight is 247 g/mol. The Morgan fingerprint density at radius 2 is 1.94 bits per heavy atom. The molecule has 0 radical (unpaired) electrons. The summed E-state index contributed by atoms with van der Waals surface area (Å²) in [6.45, 7) is 6.27. The number of aliphatic carboxylic acids is 1. The summed E-state index contributed by atoms with van der Waals surface area (Å²) in [4.78, 5) is 23.7. The first-order valence-electron chi connectivity index (χ1n) is 5.50. The van der Waals surface area contributed by atoms with E-state index in [1.807, 2.05) is 0 Å². The summed E-state index contributed by atoms with van der Waals surface area (Å²) in [7, 11) is 0. The summed E-state index contributed by atoms with van der Waals surface area (Å²) >= 11 is 0. The predicted octanol–water partition coefficient (Wildman–Crippen LogP) is 1.66. The number of rotatable bonds is 1. The van der Waals surface area contributed by atoms with Gasteiger partial charge in [0.15, 0.2) is 0 Å². The number of alkyl halides is 1. The van der Waals surface area contributed by atoms with Crippen LogP contribution in [0.3, 0.4) is 0 Å². The van der Waals surface area contributed by atoms with Crippen molar-refractivity contribution < 1.29 is 23.8 Å². The highest BCUT2D eigenvalue weighted by molar-refractivity contribution is 5.81. The number of carboxylic acids is 1. The Balaban J connectivity index is 2.82. The number of carbonyl (C=O) groups is 2. The van der Waals surface area contributed by atoms with Crippen LogP contribution in [0.4, 0.5) is 9.18 Å². The van der Waals surface area contributed by atoms with Crippen molar-refractivity contribution in [2.45, 2.75) is 45.5 Å². The molecule has 3 atom stereocenters. The fraction of sp³-hybridized carbons (Fsp3) is 0.818. The van der Waals surface area contributed by atoms with Gasteiger partial charge in [-0.3, -0.25) is 4.90 Å². The van der Waals surface area contributed by atoms with Gasteiger partial charge in [0.05, 0.1) is 6.54 Å². The lowest BCUT2D eigenvalue weighted by Crippen LogP contribution is -2.45. The Morgan fingerprint density at radius 1 is 1.41 bits per heavy atom. The van der Waals surface area contributed by atoms with E-state index in [2.05, 4.69) is 0 Å². The van der Waals surface area contributed by atoms with Crippen LogP contribution >= 0.6 is 0 Å². The lowest BCUT2D eigenvalue weighted by atomic mass is 10.0. The van der Waals surface area contributed by atoms with Gasteiger partial charge < -0.3 is 9.84 Å². The third-order valence-corrected chi connectivity index (χ3v) is 2.66. The molecule has 1 aliphatic rings. The first kappa shape index (κ1) is 13.7. The van der Waals surface area contributed by atoms with E-state index >= 15 is 0 Å². The quantitative estimate of drug-likeness (QED) is 0.765. The van der Waals surface area contributed by atoms with Crippen LogP contribution in [0.5, 0.6) is 0 Å². The van der Waals surface area contributed by atoms with E-state index in [1.165, 1.54) is 6.92 Å². The molecule has 1 N–H and O–H groups in total. The van der Waals surface area contributed by atoms with Gasteiger partial charge in [-0.1, -0.05) is 6.92 Å². The zero-order chi connectivity index (χ0) is 13.4. The topological polar surface area (TPSA) is 66.8 Å². The number of carbonyl (C=O) groups excluding carboxylic acids is 1. The fourth-order valence-corrected chi connectivity index (χ4v) is 1.82. The van der Waals surface area contributed by atoms with Gasteiger partial charge in [0.1, 0.15) is 17.8 Å². The SMILES string of the molecule is CC1C(F)CN(C(=O)OC(C)(C)C)C1C(=O)O. The highest BCUT2D eigenvalue weighted by Gasteiger charge is 2.47. The number of hydrogen-bond donors (Lipinski definition) is 1. The van der Waals surface area contributed by atoms with Gasteiger partial charge in [-0.15, -0.1) is 0 Å². The van der Waals surface area contributed by atoms with Crippen molar-refractivity contribution >= 4 is 12.1 Å². The molecular formula is C11H18FNO4. The van der Waals surface area contributed by atoms with Gasteiger partial charge in [-0.05, 0) is 20.8 Å². The Bertz CT molecular complexity index is 326. The Hall–Kier alpha value is -1.33. The second-order valence-corrected chi connectivity index (χ2v) is 5.29. The molecule has 1 saturated heterocycles. The fourth-order valence-electron chi connectivity index (χ4n) is 1.82. The molecule has 17 heavy (non-hydrogen) atoms. The summed E-state index contributed by atoms with van der Waals surface area (Å²) in [5, 5.41) is 9.00. The first-order chi connectivity index (χ1) is 7.63. The monoisotopic (exact) mass is 247 g/mol. The van der Waals surface area contributed by atoms with E-state index in [0.717, 1.165) is 4.90 Å². The zero-order valence-electron chi connectivity index (χ0n) is 10.4. The maximum absolute atomic E-state index is 13.5. The van der Waals surface area contributed by atoms with Gasteiger partial charge in [-0.2, -0.15) is 0 Å². The Kier molecular flexibility index (Phi) is 3.64. The first-order valence-corrected chi connectivity index (χ1v) is 5.50. The molecule has 98 valence electrons. The number of nitrogens with zero attached hydrogens (tertiary/aromatic N) is 1. The summed E-state index contributed by atoms with van der Waals surface area (Å²) in [6, 6.07) is -1.15. The molecule has 1 fully saturated rings. The van der Waals surface area contributed by atoms with Gasteiger partial charge in [-0.25, -0.2) is 14.0 Å². The van der Waals surface area contributed by atoms with Crippen molar-refractivity contribution in [2.75, 3.05) is 6.54 Å². The molecule has 1 rings (SSSR count). The second-order valence-electron chi connectivity index (χ2n) is 5.29. The summed E-state index contributed by atoms with van der Waals surface area (Å²) in [6.07, 6.45) is -2.11. The third-order valence-electron chi connectivity index (χ3n) is 2.66. The van der Waals surface area contributed by atoms with Crippen LogP contribution in [-0.4, -0.2) is 46.4 Å². The molecule has 3 unspecified atom stereocenters. The molecule has 0 aromatic carbocycles. The van der Waals surface area contributed by atoms with Crippen molar-refractivity contribution in [3.8, 4) is 0 Å². The van der Waals surface area contributed by atoms with Crippen molar-refractivity contribution in [1.82, 2.24) is 4.90 Å². The van der Waals surface area contributed by atoms with Gasteiger partial charge in [0, 0.05) is 5.92 Å². The lowest BCUT2D eigenvalue weighted by Gasteiger charge is -2.27. The lowest BCUT2D eigenvalue weighted by molar-refractivity contribution is -0.143. The molecule has 1 heterocycles. The minimum Gasteiger partial charge on any atom is -0.480 e. The maximum Gasteiger partial charge on any atom is 0.411 e. The van der Waals surface area contributed by atoms with Crippen molar-refractivity contribution in [3.05, 3.63) is 0 Å². The van der Waals surface area contributed by atoms with Crippen LogP contribution in [0.25, 0.3) is 0 Å². The molecule has 6 heteroatoms. The largest absolute Gasteiger partial charge is 0.480 e. The zero-order valence-corrected chi connectivity index (χ0v) is 10.4. The Morgan fingerprint density at radius 3 is 2.35 bits per heavy atom. The molecule has 0 aromatic heterocycles. The normalized spacial score (nSPS) is 29.2. The van der Waals surface area contributed by atoms with Gasteiger partial charge in [0.2, 0.25) is 0 Å². The Labute approximate surface area is 99.5 Å². The van der Waals surface area contributed by atoms with Crippen molar-refractivity contribution in [1.29, 1.82) is 0 Å². The molecule has 0 bridgehead atoms. The number of amides is 1. The highest BCUT2D eigenvalue weighted by Crippen LogP contribution is 2.28.